The first kappa shape index (κ1) is 18.1. The Labute approximate surface area is 151 Å². The van der Waals surface area contributed by atoms with Crippen molar-refractivity contribution >= 4 is 11.6 Å². The molecule has 1 aromatic rings. The summed E-state index contributed by atoms with van der Waals surface area (Å²) < 4.78 is 5.30. The van der Waals surface area contributed by atoms with Gasteiger partial charge in [-0.05, 0) is 24.5 Å². The molecule has 1 atom stereocenters. The van der Waals surface area contributed by atoms with E-state index < -0.39 is 0 Å². The van der Waals surface area contributed by atoms with Crippen LogP contribution in [0.3, 0.4) is 0 Å². The second kappa shape index (κ2) is 8.56. The third-order valence-corrected chi connectivity index (χ3v) is 5.64. The third-order valence-electron chi connectivity index (χ3n) is 5.64. The first-order valence-corrected chi connectivity index (χ1v) is 9.60. The zero-order valence-electron chi connectivity index (χ0n) is 15.3. The van der Waals surface area contributed by atoms with Gasteiger partial charge in [0.1, 0.15) is 5.75 Å². The summed E-state index contributed by atoms with van der Waals surface area (Å²) in [5, 5.41) is 0. The number of hydrogen-bond acceptors (Lipinski definition) is 4. The van der Waals surface area contributed by atoms with Crippen LogP contribution in [0.15, 0.2) is 24.3 Å². The van der Waals surface area contributed by atoms with Gasteiger partial charge in [0.15, 0.2) is 0 Å². The summed E-state index contributed by atoms with van der Waals surface area (Å²) in [6.07, 6.45) is 7.27. The van der Waals surface area contributed by atoms with Gasteiger partial charge in [0.05, 0.1) is 13.2 Å². The van der Waals surface area contributed by atoms with E-state index in [1.165, 1.54) is 32.1 Å². The maximum absolute atomic E-state index is 12.7. The molecule has 1 heterocycles. The fourth-order valence-electron chi connectivity index (χ4n) is 4.11. The highest BCUT2D eigenvalue weighted by Crippen LogP contribution is 2.27. The standard InChI is InChI=1S/C20H31N3O2/c1-25-18-9-5-8-17(15-18)22-10-12-23(13-11-22)20(24)19(21)14-16-6-3-2-4-7-16/h5,8-9,15-16,19H,2-4,6-7,10-14,21H2,1H3. The number of benzene rings is 1. The summed E-state index contributed by atoms with van der Waals surface area (Å²) in [6, 6.07) is 7.77. The summed E-state index contributed by atoms with van der Waals surface area (Å²) in [5.74, 6) is 1.65. The highest BCUT2D eigenvalue weighted by molar-refractivity contribution is 5.82. The van der Waals surface area contributed by atoms with Gasteiger partial charge in [-0.25, -0.2) is 0 Å². The van der Waals surface area contributed by atoms with Crippen LogP contribution in [0.25, 0.3) is 0 Å². The SMILES string of the molecule is COc1cccc(N2CCN(C(=O)C(N)CC3CCCCC3)CC2)c1. The summed E-state index contributed by atoms with van der Waals surface area (Å²) in [5.41, 5.74) is 7.39. The largest absolute Gasteiger partial charge is 0.497 e. The molecule has 2 fully saturated rings. The number of hydrogen-bond donors (Lipinski definition) is 1. The minimum Gasteiger partial charge on any atom is -0.497 e. The van der Waals surface area contributed by atoms with Crippen LogP contribution in [0, 0.1) is 5.92 Å². The first-order chi connectivity index (χ1) is 12.2. The van der Waals surface area contributed by atoms with Crippen molar-refractivity contribution in [2.24, 2.45) is 11.7 Å². The molecule has 1 saturated heterocycles. The van der Waals surface area contributed by atoms with Crippen molar-refractivity contribution in [1.29, 1.82) is 0 Å². The molecule has 5 nitrogen and oxygen atoms in total. The van der Waals surface area contributed by atoms with Crippen LogP contribution in [0.4, 0.5) is 5.69 Å². The fraction of sp³-hybridized carbons (Fsp3) is 0.650. The number of anilines is 1. The van der Waals surface area contributed by atoms with Gasteiger partial charge in [-0.2, -0.15) is 0 Å². The number of nitrogens with zero attached hydrogens (tertiary/aromatic N) is 2. The molecule has 138 valence electrons. The molecular formula is C20H31N3O2. The summed E-state index contributed by atoms with van der Waals surface area (Å²) in [6.45, 7) is 3.17. The average molecular weight is 345 g/mol. The summed E-state index contributed by atoms with van der Waals surface area (Å²) in [4.78, 5) is 16.9. The molecule has 0 bridgehead atoms. The highest BCUT2D eigenvalue weighted by Gasteiger charge is 2.27. The van der Waals surface area contributed by atoms with Gasteiger partial charge < -0.3 is 20.3 Å². The maximum Gasteiger partial charge on any atom is 0.239 e. The van der Waals surface area contributed by atoms with Crippen LogP contribution in [-0.2, 0) is 4.79 Å². The second-order valence-corrected chi connectivity index (χ2v) is 7.36. The first-order valence-electron chi connectivity index (χ1n) is 9.60. The molecule has 1 amide bonds. The van der Waals surface area contributed by atoms with Gasteiger partial charge in [0.25, 0.3) is 0 Å². The average Bonchev–Trinajstić information content (AvgIpc) is 2.68. The van der Waals surface area contributed by atoms with Crippen molar-refractivity contribution in [2.75, 3.05) is 38.2 Å². The molecule has 2 N–H and O–H groups in total. The highest BCUT2D eigenvalue weighted by atomic mass is 16.5. The van der Waals surface area contributed by atoms with Crippen LogP contribution in [0.1, 0.15) is 38.5 Å². The molecule has 0 aromatic heterocycles. The Kier molecular flexibility index (Phi) is 6.19. The van der Waals surface area contributed by atoms with Gasteiger partial charge in [0, 0.05) is 37.9 Å². The number of nitrogens with two attached hydrogens (primary N) is 1. The minimum absolute atomic E-state index is 0.135. The van der Waals surface area contributed by atoms with Gasteiger partial charge in [-0.3, -0.25) is 4.79 Å². The van der Waals surface area contributed by atoms with E-state index >= 15 is 0 Å². The van der Waals surface area contributed by atoms with Crippen LogP contribution in [0.2, 0.25) is 0 Å². The molecule has 0 radical (unpaired) electrons. The molecule has 0 spiro atoms. The van der Waals surface area contributed by atoms with Gasteiger partial charge in [0.2, 0.25) is 5.91 Å². The number of methoxy groups -OCH3 is 1. The normalized spacial score (nSPS) is 20.4. The zero-order chi connectivity index (χ0) is 17.6. The van der Waals surface area contributed by atoms with Crippen LogP contribution < -0.4 is 15.4 Å². The smallest absolute Gasteiger partial charge is 0.239 e. The predicted molar refractivity (Wildman–Crippen MR) is 101 cm³/mol. The van der Waals surface area contributed by atoms with Gasteiger partial charge in [-0.1, -0.05) is 38.2 Å². The van der Waals surface area contributed by atoms with Gasteiger partial charge in [-0.15, -0.1) is 0 Å². The Bertz CT molecular complexity index is 564. The molecule has 2 aliphatic rings. The molecule has 1 aromatic carbocycles. The van der Waals surface area contributed by atoms with E-state index in [1.54, 1.807) is 7.11 Å². The van der Waals surface area contributed by atoms with Gasteiger partial charge >= 0.3 is 0 Å². The van der Waals surface area contributed by atoms with E-state index in [9.17, 15) is 4.79 Å². The number of ether oxygens (including phenoxy) is 1. The van der Waals surface area contributed by atoms with Crippen molar-refractivity contribution in [3.8, 4) is 5.75 Å². The van der Waals surface area contributed by atoms with E-state index in [4.69, 9.17) is 10.5 Å². The monoisotopic (exact) mass is 345 g/mol. The van der Waals surface area contributed by atoms with Crippen LogP contribution >= 0.6 is 0 Å². The second-order valence-electron chi connectivity index (χ2n) is 7.36. The number of carbonyl (C=O) groups is 1. The predicted octanol–water partition coefficient (Wildman–Crippen LogP) is 2.64. The van der Waals surface area contributed by atoms with Crippen molar-refractivity contribution in [3.05, 3.63) is 24.3 Å². The van der Waals surface area contributed by atoms with E-state index in [-0.39, 0.29) is 11.9 Å². The maximum atomic E-state index is 12.7. The van der Waals surface area contributed by atoms with E-state index in [0.717, 1.165) is 44.0 Å². The Morgan fingerprint density at radius 2 is 1.92 bits per heavy atom. The Balaban J connectivity index is 1.49. The number of carbonyl (C=O) groups excluding carboxylic acids is 1. The van der Waals surface area contributed by atoms with Crippen molar-refractivity contribution in [1.82, 2.24) is 4.90 Å². The Morgan fingerprint density at radius 1 is 1.20 bits per heavy atom. The number of rotatable bonds is 5. The lowest BCUT2D eigenvalue weighted by molar-refractivity contribution is -0.133. The lowest BCUT2D eigenvalue weighted by Gasteiger charge is -2.37. The summed E-state index contributed by atoms with van der Waals surface area (Å²) in [7, 11) is 1.68. The fourth-order valence-corrected chi connectivity index (χ4v) is 4.11. The van der Waals surface area contributed by atoms with E-state index in [2.05, 4.69) is 11.0 Å². The molecule has 1 saturated carbocycles. The molecule has 5 heteroatoms. The Hall–Kier alpha value is -1.75. The van der Waals surface area contributed by atoms with E-state index in [0.29, 0.717) is 5.92 Å². The molecule has 1 aliphatic carbocycles. The van der Waals surface area contributed by atoms with Crippen LogP contribution in [-0.4, -0.2) is 50.1 Å². The van der Waals surface area contributed by atoms with Crippen molar-refractivity contribution in [3.63, 3.8) is 0 Å². The van der Waals surface area contributed by atoms with E-state index in [1.807, 2.05) is 23.1 Å². The van der Waals surface area contributed by atoms with Crippen LogP contribution in [0.5, 0.6) is 5.75 Å². The lowest BCUT2D eigenvalue weighted by atomic mass is 9.84. The molecular weight excluding hydrogens is 314 g/mol. The number of amides is 1. The quantitative estimate of drug-likeness (QED) is 0.891. The molecule has 1 aliphatic heterocycles. The van der Waals surface area contributed by atoms with Crippen molar-refractivity contribution in [2.45, 2.75) is 44.6 Å². The Morgan fingerprint density at radius 3 is 2.60 bits per heavy atom. The molecule has 1 unspecified atom stereocenters. The third kappa shape index (κ3) is 4.66. The van der Waals surface area contributed by atoms with Crippen molar-refractivity contribution < 1.29 is 9.53 Å². The summed E-state index contributed by atoms with van der Waals surface area (Å²) >= 11 is 0. The molecule has 3 rings (SSSR count). The number of piperazine rings is 1. The zero-order valence-corrected chi connectivity index (χ0v) is 15.3. The minimum atomic E-state index is -0.327. The topological polar surface area (TPSA) is 58.8 Å². The lowest BCUT2D eigenvalue weighted by Crippen LogP contribution is -2.53. The molecule has 25 heavy (non-hydrogen) atoms.